The third-order valence-electron chi connectivity index (χ3n) is 3.97. The van der Waals surface area contributed by atoms with Crippen LogP contribution in [-0.4, -0.2) is 28.8 Å². The second kappa shape index (κ2) is 8.37. The highest BCUT2D eigenvalue weighted by Crippen LogP contribution is 2.35. The van der Waals surface area contributed by atoms with Crippen LogP contribution < -0.4 is 5.32 Å². The molecule has 0 spiro atoms. The molecule has 0 fully saturated rings. The Morgan fingerprint density at radius 3 is 2.50 bits per heavy atom. The fraction of sp³-hybridized carbons (Fsp3) is 0.105. The Kier molecular flexibility index (Phi) is 6.04. The number of ether oxygens (including phenoxy) is 1. The van der Waals surface area contributed by atoms with Crippen molar-refractivity contribution in [3.8, 4) is 5.69 Å². The van der Waals surface area contributed by atoms with E-state index in [4.69, 9.17) is 23.2 Å². The Bertz CT molecular complexity index is 1130. The van der Waals surface area contributed by atoms with Crippen molar-refractivity contribution < 1.29 is 27.5 Å². The van der Waals surface area contributed by atoms with Crippen LogP contribution in [0.15, 0.2) is 48.7 Å². The van der Waals surface area contributed by atoms with Gasteiger partial charge in [-0.1, -0.05) is 29.3 Å². The maximum atomic E-state index is 13.8. The normalized spacial score (nSPS) is 11.3. The quantitative estimate of drug-likeness (QED) is 0.543. The van der Waals surface area contributed by atoms with Crippen molar-refractivity contribution in [1.29, 1.82) is 0 Å². The first-order valence-electron chi connectivity index (χ1n) is 8.22. The van der Waals surface area contributed by atoms with Crippen LogP contribution in [0, 0.1) is 0 Å². The lowest BCUT2D eigenvalue weighted by molar-refractivity contribution is -0.143. The molecular formula is C19H12Cl2F3N3O3. The molecule has 1 N–H and O–H groups in total. The van der Waals surface area contributed by atoms with E-state index in [-0.39, 0.29) is 27.0 Å². The predicted octanol–water partition coefficient (Wildman–Crippen LogP) is 5.24. The lowest BCUT2D eigenvalue weighted by Crippen LogP contribution is -2.21. The van der Waals surface area contributed by atoms with Crippen molar-refractivity contribution >= 4 is 40.8 Å². The summed E-state index contributed by atoms with van der Waals surface area (Å²) >= 11 is 11.9. The van der Waals surface area contributed by atoms with Gasteiger partial charge in [-0.05, 0) is 36.4 Å². The number of nitrogens with zero attached hydrogens (tertiary/aromatic N) is 2. The summed E-state index contributed by atoms with van der Waals surface area (Å²) < 4.78 is 46.4. The smallest absolute Gasteiger partial charge is 0.434 e. The van der Waals surface area contributed by atoms with E-state index in [1.54, 1.807) is 0 Å². The lowest BCUT2D eigenvalue weighted by Gasteiger charge is -2.13. The molecule has 6 nitrogen and oxygen atoms in total. The number of hydrogen-bond donors (Lipinski definition) is 1. The first-order valence-corrected chi connectivity index (χ1v) is 8.97. The van der Waals surface area contributed by atoms with Gasteiger partial charge in [-0.15, -0.1) is 0 Å². The zero-order valence-electron chi connectivity index (χ0n) is 15.1. The first kappa shape index (κ1) is 21.7. The first-order chi connectivity index (χ1) is 14.1. The van der Waals surface area contributed by atoms with E-state index >= 15 is 0 Å². The number of amides is 1. The highest BCUT2D eigenvalue weighted by molar-refractivity contribution is 6.34. The van der Waals surface area contributed by atoms with E-state index in [1.165, 1.54) is 42.5 Å². The molecule has 30 heavy (non-hydrogen) atoms. The van der Waals surface area contributed by atoms with Crippen LogP contribution in [0.2, 0.25) is 10.0 Å². The summed E-state index contributed by atoms with van der Waals surface area (Å²) in [5.74, 6) is -1.81. The van der Waals surface area contributed by atoms with Crippen LogP contribution >= 0.6 is 23.2 Å². The van der Waals surface area contributed by atoms with Crippen LogP contribution in [-0.2, 0) is 10.9 Å². The molecule has 0 saturated heterocycles. The Morgan fingerprint density at radius 2 is 1.87 bits per heavy atom. The molecule has 0 aliphatic rings. The second-order valence-electron chi connectivity index (χ2n) is 5.94. The van der Waals surface area contributed by atoms with Gasteiger partial charge >= 0.3 is 12.1 Å². The molecule has 0 aliphatic heterocycles. The third kappa shape index (κ3) is 4.42. The number of carbonyl (C=O) groups excluding carboxylic acids is 2. The van der Waals surface area contributed by atoms with Crippen molar-refractivity contribution in [2.24, 2.45) is 0 Å². The number of rotatable bonds is 4. The molecule has 0 radical (unpaired) electrons. The van der Waals surface area contributed by atoms with Gasteiger partial charge in [0.2, 0.25) is 0 Å². The van der Waals surface area contributed by atoms with E-state index < -0.39 is 29.3 Å². The van der Waals surface area contributed by atoms with Gasteiger partial charge in [-0.2, -0.15) is 18.3 Å². The van der Waals surface area contributed by atoms with Gasteiger partial charge in [0.25, 0.3) is 5.91 Å². The Labute approximate surface area is 178 Å². The number of alkyl halides is 3. The summed E-state index contributed by atoms with van der Waals surface area (Å²) in [4.78, 5) is 24.3. The van der Waals surface area contributed by atoms with Gasteiger partial charge < -0.3 is 10.1 Å². The maximum absolute atomic E-state index is 13.8. The lowest BCUT2D eigenvalue weighted by atomic mass is 10.1. The SMILES string of the molecule is COC(=O)c1ccc(Cl)c(NC(=O)c2cnn(-c3cccc(Cl)c3)c2C(F)(F)F)c1. The second-order valence-corrected chi connectivity index (χ2v) is 6.78. The molecule has 0 bridgehead atoms. The van der Waals surface area contributed by atoms with E-state index in [0.29, 0.717) is 4.68 Å². The predicted molar refractivity (Wildman–Crippen MR) is 104 cm³/mol. The highest BCUT2D eigenvalue weighted by atomic mass is 35.5. The summed E-state index contributed by atoms with van der Waals surface area (Å²) in [7, 11) is 1.16. The van der Waals surface area contributed by atoms with Gasteiger partial charge in [0.1, 0.15) is 0 Å². The molecule has 0 atom stereocenters. The number of benzene rings is 2. The minimum atomic E-state index is -4.90. The van der Waals surface area contributed by atoms with E-state index in [9.17, 15) is 22.8 Å². The zero-order chi connectivity index (χ0) is 22.1. The van der Waals surface area contributed by atoms with Crippen molar-refractivity contribution in [3.63, 3.8) is 0 Å². The molecule has 0 unspecified atom stereocenters. The average Bonchev–Trinajstić information content (AvgIpc) is 3.15. The molecule has 1 amide bonds. The molecule has 3 rings (SSSR count). The van der Waals surface area contributed by atoms with E-state index in [2.05, 4.69) is 15.2 Å². The molecular weight excluding hydrogens is 446 g/mol. The number of aromatic nitrogens is 2. The molecule has 1 aromatic heterocycles. The summed E-state index contributed by atoms with van der Waals surface area (Å²) in [5, 5.41) is 6.21. The summed E-state index contributed by atoms with van der Waals surface area (Å²) in [5.41, 5.74) is -2.00. The summed E-state index contributed by atoms with van der Waals surface area (Å²) in [6.07, 6.45) is -4.11. The Balaban J connectivity index is 2.02. The van der Waals surface area contributed by atoms with Crippen molar-refractivity contribution in [3.05, 3.63) is 75.5 Å². The topological polar surface area (TPSA) is 73.2 Å². The van der Waals surface area contributed by atoms with Gasteiger partial charge in [0.15, 0.2) is 5.69 Å². The van der Waals surface area contributed by atoms with Crippen LogP contribution in [0.25, 0.3) is 5.69 Å². The number of anilines is 1. The molecule has 156 valence electrons. The highest BCUT2D eigenvalue weighted by Gasteiger charge is 2.40. The average molecular weight is 458 g/mol. The van der Waals surface area contributed by atoms with E-state index in [1.807, 2.05) is 0 Å². The van der Waals surface area contributed by atoms with Crippen LogP contribution in [0.3, 0.4) is 0 Å². The molecule has 0 aliphatic carbocycles. The van der Waals surface area contributed by atoms with Crippen LogP contribution in [0.4, 0.5) is 18.9 Å². The monoisotopic (exact) mass is 457 g/mol. The van der Waals surface area contributed by atoms with Crippen LogP contribution in [0.5, 0.6) is 0 Å². The van der Waals surface area contributed by atoms with Crippen molar-refractivity contribution in [1.82, 2.24) is 9.78 Å². The number of hydrogen-bond acceptors (Lipinski definition) is 4. The fourth-order valence-electron chi connectivity index (χ4n) is 2.65. The zero-order valence-corrected chi connectivity index (χ0v) is 16.6. The number of halogens is 5. The van der Waals surface area contributed by atoms with Crippen LogP contribution in [0.1, 0.15) is 26.4 Å². The summed E-state index contributed by atoms with van der Waals surface area (Å²) in [6, 6.07) is 9.45. The minimum Gasteiger partial charge on any atom is -0.465 e. The molecule has 11 heteroatoms. The molecule has 0 saturated carbocycles. The molecule has 3 aromatic rings. The molecule has 1 heterocycles. The van der Waals surface area contributed by atoms with Gasteiger partial charge in [-0.25, -0.2) is 9.48 Å². The largest absolute Gasteiger partial charge is 0.465 e. The number of methoxy groups -OCH3 is 1. The van der Waals surface area contributed by atoms with Gasteiger partial charge in [0.05, 0.1) is 40.8 Å². The number of esters is 1. The maximum Gasteiger partial charge on any atom is 0.434 e. The Morgan fingerprint density at radius 1 is 1.13 bits per heavy atom. The third-order valence-corrected chi connectivity index (χ3v) is 4.54. The van der Waals surface area contributed by atoms with Gasteiger partial charge in [-0.3, -0.25) is 4.79 Å². The number of nitrogens with one attached hydrogen (secondary N) is 1. The van der Waals surface area contributed by atoms with E-state index in [0.717, 1.165) is 13.3 Å². The minimum absolute atomic E-state index is 0.0202. The fourth-order valence-corrected chi connectivity index (χ4v) is 3.00. The van der Waals surface area contributed by atoms with Gasteiger partial charge in [0, 0.05) is 5.02 Å². The number of carbonyl (C=O) groups is 2. The standard InChI is InChI=1S/C19H12Cl2F3N3O3/c1-30-18(29)10-5-6-14(21)15(7-10)26-17(28)13-9-25-27(16(13)19(22,23)24)12-4-2-3-11(20)8-12/h2-9H,1H3,(H,26,28). The Hall–Kier alpha value is -3.04. The molecule has 2 aromatic carbocycles. The van der Waals surface area contributed by atoms with Crippen molar-refractivity contribution in [2.45, 2.75) is 6.18 Å². The van der Waals surface area contributed by atoms with Crippen molar-refractivity contribution in [2.75, 3.05) is 12.4 Å². The summed E-state index contributed by atoms with van der Waals surface area (Å²) in [6.45, 7) is 0.